The molecule has 5 rings (SSSR count). The van der Waals surface area contributed by atoms with Gasteiger partial charge in [-0.05, 0) is 36.4 Å². The highest BCUT2D eigenvalue weighted by molar-refractivity contribution is 7.87. The Balaban J connectivity index is 1.64. The van der Waals surface area contributed by atoms with E-state index in [0.717, 1.165) is 12.1 Å². The highest BCUT2D eigenvalue weighted by atomic mass is 32.2. The van der Waals surface area contributed by atoms with E-state index >= 15 is 0 Å². The zero-order valence-corrected chi connectivity index (χ0v) is 24.1. The Labute approximate surface area is 248 Å². The van der Waals surface area contributed by atoms with Gasteiger partial charge in [0, 0.05) is 35.4 Å². The van der Waals surface area contributed by atoms with Crippen LogP contribution in [0.25, 0.3) is 11.1 Å². The third kappa shape index (κ3) is 5.36. The van der Waals surface area contributed by atoms with E-state index in [-0.39, 0.29) is 23.0 Å². The largest absolute Gasteiger partial charge is 0.497 e. The van der Waals surface area contributed by atoms with Crippen molar-refractivity contribution < 1.29 is 49.3 Å². The number of benzene rings is 4. The van der Waals surface area contributed by atoms with Crippen LogP contribution in [0.2, 0.25) is 0 Å². The summed E-state index contributed by atoms with van der Waals surface area (Å²) in [5.41, 5.74) is -4.22. The van der Waals surface area contributed by atoms with Gasteiger partial charge in [-0.3, -0.25) is 25.0 Å². The molecule has 226 valence electrons. The average molecular weight is 643 g/mol. The van der Waals surface area contributed by atoms with Crippen molar-refractivity contribution in [2.45, 2.75) is 9.79 Å². The summed E-state index contributed by atoms with van der Waals surface area (Å²) in [6.07, 6.45) is 0. The molecule has 1 aliphatic carbocycles. The number of hydrogen-bond acceptors (Lipinski definition) is 13. The lowest BCUT2D eigenvalue weighted by Crippen LogP contribution is -2.12. The van der Waals surface area contributed by atoms with Crippen molar-refractivity contribution in [3.8, 4) is 34.1 Å². The van der Waals surface area contributed by atoms with Gasteiger partial charge in [0.05, 0.1) is 35.2 Å². The third-order valence-corrected chi connectivity index (χ3v) is 8.84. The molecule has 44 heavy (non-hydrogen) atoms. The van der Waals surface area contributed by atoms with Crippen LogP contribution >= 0.6 is 0 Å². The Kier molecular flexibility index (Phi) is 7.44. The normalized spacial score (nSPS) is 12.2. The molecule has 0 unspecified atom stereocenters. The highest BCUT2D eigenvalue weighted by Gasteiger charge is 2.42. The second-order valence-corrected chi connectivity index (χ2v) is 12.1. The molecule has 0 saturated carbocycles. The Morgan fingerprint density at radius 1 is 0.591 bits per heavy atom. The van der Waals surface area contributed by atoms with Gasteiger partial charge in [-0.15, -0.1) is 0 Å². The SMILES string of the molecule is COc1cccc(OS(=O)(=O)c2cc3c(c([N+](=O)[O-])c2)-c2c(cc(S(=O)(=O)Oc4cccc(OC)c4)cc2[N+](=O)[O-])C3=O)c1. The van der Waals surface area contributed by atoms with Crippen molar-refractivity contribution >= 4 is 37.4 Å². The number of fused-ring (bicyclic) bond motifs is 3. The van der Waals surface area contributed by atoms with Gasteiger partial charge in [-0.2, -0.15) is 16.8 Å². The molecule has 0 radical (unpaired) electrons. The minimum Gasteiger partial charge on any atom is -0.497 e. The van der Waals surface area contributed by atoms with Crippen LogP contribution in [0, 0.1) is 20.2 Å². The fraction of sp³-hybridized carbons (Fsp3) is 0.0741. The molecule has 0 spiro atoms. The minimum atomic E-state index is -4.80. The van der Waals surface area contributed by atoms with Crippen molar-refractivity contribution in [3.05, 3.63) is 104 Å². The van der Waals surface area contributed by atoms with E-state index in [2.05, 4.69) is 0 Å². The van der Waals surface area contributed by atoms with Gasteiger partial charge in [0.1, 0.15) is 32.8 Å². The van der Waals surface area contributed by atoms with Crippen molar-refractivity contribution in [2.24, 2.45) is 0 Å². The standard InChI is InChI=1S/C27H18N2O13S2/c1-39-15-5-3-7-17(9-15)41-43(35,36)19-11-21-25(23(13-19)28(31)32)26-22(27(21)30)12-20(14-24(26)29(33)34)44(37,38)42-18-8-4-6-16(10-18)40-2/h3-14H,1-2H3. The average Bonchev–Trinajstić information content (AvgIpc) is 3.27. The maximum atomic E-state index is 13.5. The Morgan fingerprint density at radius 3 is 1.30 bits per heavy atom. The Bertz CT molecular complexity index is 1960. The minimum absolute atomic E-state index is 0.205. The van der Waals surface area contributed by atoms with Crippen molar-refractivity contribution in [3.63, 3.8) is 0 Å². The highest BCUT2D eigenvalue weighted by Crippen LogP contribution is 2.49. The number of nitrogens with zero attached hydrogens (tertiary/aromatic N) is 2. The third-order valence-electron chi connectivity index (χ3n) is 6.39. The summed E-state index contributed by atoms with van der Waals surface area (Å²) in [5, 5.41) is 24.2. The molecule has 4 aromatic rings. The van der Waals surface area contributed by atoms with Crippen LogP contribution in [0.4, 0.5) is 11.4 Å². The van der Waals surface area contributed by atoms with Crippen LogP contribution in [0.1, 0.15) is 15.9 Å². The van der Waals surface area contributed by atoms with Crippen LogP contribution in [-0.4, -0.2) is 46.7 Å². The number of nitro groups is 2. The maximum Gasteiger partial charge on any atom is 0.339 e. The first-order valence-electron chi connectivity index (χ1n) is 12.1. The fourth-order valence-electron chi connectivity index (χ4n) is 4.46. The molecule has 0 aliphatic heterocycles. The van der Waals surface area contributed by atoms with E-state index in [1.807, 2.05) is 0 Å². The van der Waals surface area contributed by atoms with Crippen molar-refractivity contribution in [2.75, 3.05) is 14.2 Å². The van der Waals surface area contributed by atoms with Crippen molar-refractivity contribution in [1.82, 2.24) is 0 Å². The van der Waals surface area contributed by atoms with Crippen LogP contribution in [-0.2, 0) is 20.2 Å². The van der Waals surface area contributed by atoms with E-state index in [0.29, 0.717) is 12.1 Å². The monoisotopic (exact) mass is 642 g/mol. The van der Waals surface area contributed by atoms with Gasteiger partial charge in [0.2, 0.25) is 0 Å². The van der Waals surface area contributed by atoms with Gasteiger partial charge in [0.15, 0.2) is 5.78 Å². The fourth-order valence-corrected chi connectivity index (χ4v) is 6.41. The van der Waals surface area contributed by atoms with Crippen LogP contribution < -0.4 is 17.8 Å². The van der Waals surface area contributed by atoms with E-state index in [4.69, 9.17) is 17.8 Å². The number of ether oxygens (including phenoxy) is 2. The first-order chi connectivity index (χ1) is 20.8. The van der Waals surface area contributed by atoms with Gasteiger partial charge in [0.25, 0.3) is 11.4 Å². The van der Waals surface area contributed by atoms with Crippen LogP contribution in [0.3, 0.4) is 0 Å². The summed E-state index contributed by atoms with van der Waals surface area (Å²) in [7, 11) is -6.92. The number of rotatable bonds is 10. The lowest BCUT2D eigenvalue weighted by Gasteiger charge is -2.11. The molecule has 4 aromatic carbocycles. The summed E-state index contributed by atoms with van der Waals surface area (Å²) in [5.74, 6) is -1.02. The molecule has 0 saturated heterocycles. The molecule has 0 atom stereocenters. The van der Waals surface area contributed by atoms with E-state index < -0.39 is 79.3 Å². The van der Waals surface area contributed by atoms with Gasteiger partial charge >= 0.3 is 20.2 Å². The van der Waals surface area contributed by atoms with Gasteiger partial charge in [-0.25, -0.2) is 0 Å². The summed E-state index contributed by atoms with van der Waals surface area (Å²) >= 11 is 0. The molecule has 0 fully saturated rings. The Hall–Kier alpha value is -5.55. The second kappa shape index (κ2) is 10.9. The molecule has 15 nitrogen and oxygen atoms in total. The topological polar surface area (TPSA) is 209 Å². The molecule has 17 heteroatoms. The molecule has 0 N–H and O–H groups in total. The number of nitro benzene ring substituents is 2. The van der Waals surface area contributed by atoms with E-state index in [1.165, 1.54) is 62.8 Å². The van der Waals surface area contributed by atoms with E-state index in [1.54, 1.807) is 0 Å². The number of ketones is 1. The zero-order chi connectivity index (χ0) is 32.0. The predicted octanol–water partition coefficient (Wildman–Crippen LogP) is 4.27. The lowest BCUT2D eigenvalue weighted by atomic mass is 10.0. The molecule has 0 amide bonds. The van der Waals surface area contributed by atoms with Gasteiger partial charge < -0.3 is 17.8 Å². The first-order valence-corrected chi connectivity index (χ1v) is 14.9. The number of hydrogen-bond donors (Lipinski definition) is 0. The molecular weight excluding hydrogens is 624 g/mol. The summed E-state index contributed by atoms with van der Waals surface area (Å²) in [6, 6.07) is 13.6. The molecule has 1 aliphatic rings. The first kappa shape index (κ1) is 29.9. The predicted molar refractivity (Wildman–Crippen MR) is 150 cm³/mol. The van der Waals surface area contributed by atoms with E-state index in [9.17, 15) is 41.9 Å². The summed E-state index contributed by atoms with van der Waals surface area (Å²) < 4.78 is 72.7. The summed E-state index contributed by atoms with van der Waals surface area (Å²) in [6.45, 7) is 0. The summed E-state index contributed by atoms with van der Waals surface area (Å²) in [4.78, 5) is 34.1. The van der Waals surface area contributed by atoms with Crippen LogP contribution in [0.5, 0.6) is 23.0 Å². The molecule has 0 aromatic heterocycles. The smallest absolute Gasteiger partial charge is 0.339 e. The molecular formula is C27H18N2O13S2. The quantitative estimate of drug-likeness (QED) is 0.119. The maximum absolute atomic E-state index is 13.5. The number of carbonyl (C=O) groups excluding carboxylic acids is 1. The second-order valence-electron chi connectivity index (χ2n) is 9.01. The number of methoxy groups -OCH3 is 2. The van der Waals surface area contributed by atoms with Crippen molar-refractivity contribution in [1.29, 1.82) is 0 Å². The van der Waals surface area contributed by atoms with Crippen LogP contribution in [0.15, 0.2) is 82.6 Å². The zero-order valence-electron chi connectivity index (χ0n) is 22.4. The van der Waals surface area contributed by atoms with Gasteiger partial charge in [-0.1, -0.05) is 12.1 Å². The molecule has 0 bridgehead atoms. The Morgan fingerprint density at radius 2 is 0.955 bits per heavy atom. The number of carbonyl (C=O) groups is 1. The lowest BCUT2D eigenvalue weighted by molar-refractivity contribution is -0.386. The molecule has 0 heterocycles.